The number of nitrogens with one attached hydrogen (secondary N) is 1. The molecule has 1 atom stereocenters. The van der Waals surface area contributed by atoms with Crippen molar-refractivity contribution >= 4 is 21.2 Å². The lowest BCUT2D eigenvalue weighted by molar-refractivity contribution is 0.415. The van der Waals surface area contributed by atoms with Crippen LogP contribution in [0.1, 0.15) is 44.0 Å². The Morgan fingerprint density at radius 2 is 2.15 bits per heavy atom. The topological polar surface area (TPSA) is 55.4 Å². The third-order valence-electron chi connectivity index (χ3n) is 3.20. The van der Waals surface area contributed by atoms with E-state index in [-0.39, 0.29) is 17.5 Å². The van der Waals surface area contributed by atoms with Gasteiger partial charge in [-0.25, -0.2) is 8.42 Å². The molecule has 0 saturated carbocycles. The zero-order valence-corrected chi connectivity index (χ0v) is 14.1. The highest BCUT2D eigenvalue weighted by Gasteiger charge is 2.15. The maximum Gasteiger partial charge on any atom is 0.150 e. The Bertz CT molecular complexity index is 482. The van der Waals surface area contributed by atoms with Gasteiger partial charge in [0.05, 0.1) is 12.9 Å². The van der Waals surface area contributed by atoms with Crippen molar-refractivity contribution in [2.24, 2.45) is 0 Å². The molecule has 0 fully saturated rings. The summed E-state index contributed by atoms with van der Waals surface area (Å²) in [6.45, 7) is 4.76. The van der Waals surface area contributed by atoms with E-state index in [1.807, 2.05) is 11.4 Å². The first-order valence-corrected chi connectivity index (χ1v) is 9.78. The highest BCUT2D eigenvalue weighted by Crippen LogP contribution is 2.29. The van der Waals surface area contributed by atoms with Gasteiger partial charge in [-0.05, 0) is 31.9 Å². The molecule has 1 heterocycles. The quantitative estimate of drug-likeness (QED) is 0.720. The molecule has 1 unspecified atom stereocenters. The number of sulfone groups is 1. The van der Waals surface area contributed by atoms with Crippen molar-refractivity contribution in [2.75, 3.05) is 25.2 Å². The lowest BCUT2D eigenvalue weighted by atomic mass is 10.1. The molecule has 0 bridgehead atoms. The second kappa shape index (κ2) is 8.64. The fourth-order valence-electron chi connectivity index (χ4n) is 1.94. The summed E-state index contributed by atoms with van der Waals surface area (Å²) in [5, 5.41) is 5.47. The van der Waals surface area contributed by atoms with Gasteiger partial charge >= 0.3 is 0 Å². The molecule has 4 nitrogen and oxygen atoms in total. The van der Waals surface area contributed by atoms with E-state index in [1.165, 1.54) is 4.88 Å². The van der Waals surface area contributed by atoms with E-state index < -0.39 is 9.84 Å². The summed E-state index contributed by atoms with van der Waals surface area (Å²) < 4.78 is 28.3. The van der Waals surface area contributed by atoms with Gasteiger partial charge in [0.1, 0.15) is 15.6 Å². The Hall–Kier alpha value is -0.590. The predicted molar refractivity (Wildman–Crippen MR) is 85.5 cm³/mol. The Morgan fingerprint density at radius 3 is 2.70 bits per heavy atom. The van der Waals surface area contributed by atoms with E-state index in [9.17, 15) is 8.42 Å². The summed E-state index contributed by atoms with van der Waals surface area (Å²) in [5.74, 6) is 1.37. The second-order valence-corrected chi connectivity index (χ2v) is 8.19. The predicted octanol–water partition coefficient (Wildman–Crippen LogP) is 3.01. The fourth-order valence-corrected chi connectivity index (χ4v) is 3.80. The SMILES string of the molecule is CCCNC(CCCS(=O)(=O)CC)c1cc(OC)cs1. The summed E-state index contributed by atoms with van der Waals surface area (Å²) in [4.78, 5) is 1.21. The largest absolute Gasteiger partial charge is 0.496 e. The Kier molecular flexibility index (Phi) is 7.55. The molecule has 1 rings (SSSR count). The maximum absolute atomic E-state index is 11.5. The third kappa shape index (κ3) is 5.81. The highest BCUT2D eigenvalue weighted by molar-refractivity contribution is 7.91. The van der Waals surface area contributed by atoms with Crippen LogP contribution in [0.5, 0.6) is 5.75 Å². The molecule has 0 saturated heterocycles. The molecule has 0 spiro atoms. The van der Waals surface area contributed by atoms with Crippen LogP contribution in [0.2, 0.25) is 0 Å². The minimum atomic E-state index is -2.87. The standard InChI is InChI=1S/C14H25NO3S2/c1-4-8-15-13(7-6-9-20(16,17)5-2)14-10-12(18-3)11-19-14/h10-11,13,15H,4-9H2,1-3H3. The van der Waals surface area contributed by atoms with E-state index >= 15 is 0 Å². The molecule has 0 aromatic carbocycles. The van der Waals surface area contributed by atoms with Crippen molar-refractivity contribution in [3.05, 3.63) is 16.3 Å². The lowest BCUT2D eigenvalue weighted by Crippen LogP contribution is -2.22. The summed E-state index contributed by atoms with van der Waals surface area (Å²) in [6.07, 6.45) is 2.59. The molecule has 0 aliphatic carbocycles. The summed E-state index contributed by atoms with van der Waals surface area (Å²) in [6, 6.07) is 2.25. The summed E-state index contributed by atoms with van der Waals surface area (Å²) >= 11 is 1.66. The average molecular weight is 319 g/mol. The molecule has 1 aromatic rings. The van der Waals surface area contributed by atoms with Crippen LogP contribution in [0.15, 0.2) is 11.4 Å². The van der Waals surface area contributed by atoms with Crippen molar-refractivity contribution in [2.45, 2.75) is 39.2 Å². The molecular weight excluding hydrogens is 294 g/mol. The monoisotopic (exact) mass is 319 g/mol. The van der Waals surface area contributed by atoms with Gasteiger partial charge in [-0.15, -0.1) is 11.3 Å². The Morgan fingerprint density at radius 1 is 1.40 bits per heavy atom. The second-order valence-electron chi connectivity index (χ2n) is 4.77. The zero-order valence-electron chi connectivity index (χ0n) is 12.5. The van der Waals surface area contributed by atoms with Crippen molar-refractivity contribution in [1.82, 2.24) is 5.32 Å². The number of methoxy groups -OCH3 is 1. The molecule has 0 amide bonds. The summed E-state index contributed by atoms with van der Waals surface area (Å²) in [7, 11) is -1.21. The van der Waals surface area contributed by atoms with E-state index in [0.29, 0.717) is 6.42 Å². The van der Waals surface area contributed by atoms with Gasteiger partial charge in [-0.1, -0.05) is 13.8 Å². The van der Waals surface area contributed by atoms with E-state index in [2.05, 4.69) is 12.2 Å². The Balaban J connectivity index is 2.60. The summed E-state index contributed by atoms with van der Waals surface area (Å²) in [5.41, 5.74) is 0. The molecule has 20 heavy (non-hydrogen) atoms. The normalized spacial score (nSPS) is 13.3. The first kappa shape index (κ1) is 17.5. The zero-order chi connectivity index (χ0) is 15.0. The van der Waals surface area contributed by atoms with Crippen molar-refractivity contribution in [1.29, 1.82) is 0 Å². The molecule has 1 N–H and O–H groups in total. The van der Waals surface area contributed by atoms with Crippen LogP contribution in [-0.2, 0) is 9.84 Å². The van der Waals surface area contributed by atoms with Gasteiger partial charge in [0.2, 0.25) is 0 Å². The number of hydrogen-bond acceptors (Lipinski definition) is 5. The van der Waals surface area contributed by atoms with Crippen LogP contribution in [0, 0.1) is 0 Å². The molecule has 6 heteroatoms. The van der Waals surface area contributed by atoms with Gasteiger partial charge in [-0.3, -0.25) is 0 Å². The van der Waals surface area contributed by atoms with Crippen molar-refractivity contribution in [3.63, 3.8) is 0 Å². The smallest absolute Gasteiger partial charge is 0.150 e. The number of rotatable bonds is 10. The minimum absolute atomic E-state index is 0.218. The van der Waals surface area contributed by atoms with Crippen LogP contribution in [0.3, 0.4) is 0 Å². The molecule has 0 aliphatic rings. The van der Waals surface area contributed by atoms with Gasteiger partial charge in [-0.2, -0.15) is 0 Å². The van der Waals surface area contributed by atoms with Gasteiger partial charge in [0, 0.05) is 22.1 Å². The van der Waals surface area contributed by atoms with Gasteiger partial charge in [0.25, 0.3) is 0 Å². The molecular formula is C14H25NO3S2. The third-order valence-corrected chi connectivity index (χ3v) is 6.02. The molecule has 0 aliphatic heterocycles. The van der Waals surface area contributed by atoms with Crippen LogP contribution in [0.25, 0.3) is 0 Å². The number of hydrogen-bond donors (Lipinski definition) is 1. The van der Waals surface area contributed by atoms with Crippen LogP contribution >= 0.6 is 11.3 Å². The van der Waals surface area contributed by atoms with Crippen molar-refractivity contribution < 1.29 is 13.2 Å². The Labute approximate surface area is 126 Å². The van der Waals surface area contributed by atoms with Crippen LogP contribution in [-0.4, -0.2) is 33.6 Å². The average Bonchev–Trinajstić information content (AvgIpc) is 2.91. The first-order valence-electron chi connectivity index (χ1n) is 7.08. The number of thiophene rings is 1. The minimum Gasteiger partial charge on any atom is -0.496 e. The van der Waals surface area contributed by atoms with Gasteiger partial charge < -0.3 is 10.1 Å². The van der Waals surface area contributed by atoms with Crippen molar-refractivity contribution in [3.8, 4) is 5.75 Å². The molecule has 1 aromatic heterocycles. The fraction of sp³-hybridized carbons (Fsp3) is 0.714. The number of ether oxygens (including phenoxy) is 1. The van der Waals surface area contributed by atoms with E-state index in [1.54, 1.807) is 25.4 Å². The van der Waals surface area contributed by atoms with E-state index in [4.69, 9.17) is 4.74 Å². The van der Waals surface area contributed by atoms with Gasteiger partial charge in [0.15, 0.2) is 0 Å². The van der Waals surface area contributed by atoms with E-state index in [0.717, 1.165) is 25.1 Å². The molecule has 0 radical (unpaired) electrons. The van der Waals surface area contributed by atoms with Crippen LogP contribution in [0.4, 0.5) is 0 Å². The lowest BCUT2D eigenvalue weighted by Gasteiger charge is -2.17. The molecule has 116 valence electrons. The highest BCUT2D eigenvalue weighted by atomic mass is 32.2. The van der Waals surface area contributed by atoms with Crippen LogP contribution < -0.4 is 10.1 Å². The first-order chi connectivity index (χ1) is 9.52. The maximum atomic E-state index is 11.5.